The Bertz CT molecular complexity index is 519. The highest BCUT2D eigenvalue weighted by Crippen LogP contribution is 2.34. The van der Waals surface area contributed by atoms with Gasteiger partial charge in [0.05, 0.1) is 8.07 Å². The zero-order valence-electron chi connectivity index (χ0n) is 20.6. The van der Waals surface area contributed by atoms with E-state index in [9.17, 15) is 0 Å². The molecule has 0 radical (unpaired) electrons. The second-order valence-electron chi connectivity index (χ2n) is 11.8. The first-order valence-electron chi connectivity index (χ1n) is 10.7. The molecule has 0 spiro atoms. The van der Waals surface area contributed by atoms with Crippen molar-refractivity contribution in [3.63, 3.8) is 0 Å². The van der Waals surface area contributed by atoms with E-state index in [0.29, 0.717) is 0 Å². The highest BCUT2D eigenvalue weighted by Gasteiger charge is 2.44. The molecule has 0 aliphatic carbocycles. The summed E-state index contributed by atoms with van der Waals surface area (Å²) in [5.41, 5.74) is 2.75. The molecule has 0 aromatic rings. The van der Waals surface area contributed by atoms with Gasteiger partial charge in [-0.25, -0.2) is 0 Å². The third kappa shape index (κ3) is 10.4. The van der Waals surface area contributed by atoms with Gasteiger partial charge in [-0.3, -0.25) is 0 Å². The van der Waals surface area contributed by atoms with Gasteiger partial charge >= 0.3 is 0 Å². The molecule has 0 bridgehead atoms. The van der Waals surface area contributed by atoms with Crippen LogP contribution >= 0.6 is 0 Å². The van der Waals surface area contributed by atoms with E-state index < -0.39 is 32.8 Å². The Labute approximate surface area is 176 Å². The zero-order valence-corrected chi connectivity index (χ0v) is 24.6. The molecule has 0 aliphatic heterocycles. The average Bonchev–Trinajstić information content (AvgIpc) is 2.41. The van der Waals surface area contributed by atoms with Gasteiger partial charge in [-0.15, -0.1) is 0 Å². The van der Waals surface area contributed by atoms with Crippen LogP contribution in [0.15, 0.2) is 36.5 Å². The van der Waals surface area contributed by atoms with E-state index >= 15 is 0 Å². The highest BCUT2D eigenvalue weighted by atomic mass is 28.5. The molecule has 0 aliphatic rings. The minimum Gasteiger partial charge on any atom is -0.369 e. The maximum absolute atomic E-state index is 4.02. The van der Waals surface area contributed by atoms with Crippen LogP contribution in [0.4, 0.5) is 0 Å². The molecule has 0 heterocycles. The van der Waals surface area contributed by atoms with E-state index in [-0.39, 0.29) is 0 Å². The topological polar surface area (TPSA) is 3.24 Å². The van der Waals surface area contributed by atoms with Crippen LogP contribution in [0.5, 0.6) is 0 Å². The lowest BCUT2D eigenvalue weighted by atomic mass is 10.1. The first kappa shape index (κ1) is 27.0. The van der Waals surface area contributed by atoms with Crippen molar-refractivity contribution < 1.29 is 0 Å². The van der Waals surface area contributed by atoms with Crippen molar-refractivity contribution in [3.8, 4) is 0 Å². The van der Waals surface area contributed by atoms with Crippen LogP contribution in [0.1, 0.15) is 19.8 Å². The van der Waals surface area contributed by atoms with Crippen molar-refractivity contribution in [1.29, 1.82) is 0 Å². The van der Waals surface area contributed by atoms with Crippen LogP contribution in [0.3, 0.4) is 0 Å². The van der Waals surface area contributed by atoms with Crippen molar-refractivity contribution >= 4 is 32.8 Å². The van der Waals surface area contributed by atoms with Gasteiger partial charge in [0.1, 0.15) is 24.7 Å². The summed E-state index contributed by atoms with van der Waals surface area (Å²) < 4.78 is 3.14. The molecule has 1 nitrogen and oxygen atoms in total. The molecule has 158 valence electrons. The fraction of sp³-hybridized carbons (Fsp3) is 0.727. The largest absolute Gasteiger partial charge is 0.369 e. The molecule has 0 unspecified atom stereocenters. The van der Waals surface area contributed by atoms with Crippen molar-refractivity contribution in [1.82, 2.24) is 3.90 Å². The van der Waals surface area contributed by atoms with Crippen molar-refractivity contribution in [2.45, 2.75) is 103 Å². The van der Waals surface area contributed by atoms with E-state index in [1.54, 1.807) is 5.57 Å². The van der Waals surface area contributed by atoms with Gasteiger partial charge in [0.2, 0.25) is 0 Å². The lowest BCUT2D eigenvalue weighted by Crippen LogP contribution is -2.69. The van der Waals surface area contributed by atoms with Gasteiger partial charge in [0, 0.05) is 0 Å². The average molecular weight is 440 g/mol. The minimum absolute atomic E-state index is 1.05. The summed E-state index contributed by atoms with van der Waals surface area (Å²) in [7, 11) is -5.10. The van der Waals surface area contributed by atoms with Crippen LogP contribution in [0.25, 0.3) is 0 Å². The third-order valence-electron chi connectivity index (χ3n) is 5.36. The van der Waals surface area contributed by atoms with Gasteiger partial charge in [-0.2, -0.15) is 0 Å². The number of hydrogen-bond acceptors (Lipinski definition) is 1. The van der Waals surface area contributed by atoms with Crippen LogP contribution in [-0.4, -0.2) is 36.7 Å². The Balaban J connectivity index is 5.01. The molecule has 5 heteroatoms. The first-order chi connectivity index (χ1) is 11.9. The minimum atomic E-state index is -1.36. The van der Waals surface area contributed by atoms with Gasteiger partial charge in [0.15, 0.2) is 0 Å². The predicted octanol–water partition coefficient (Wildman–Crippen LogP) is 8.34. The van der Waals surface area contributed by atoms with E-state index in [0.717, 1.165) is 18.4 Å². The summed E-state index contributed by atoms with van der Waals surface area (Å²) in [4.78, 5) is 0. The second kappa shape index (κ2) is 10.2. The van der Waals surface area contributed by atoms with Gasteiger partial charge < -0.3 is 3.90 Å². The summed E-state index contributed by atoms with van der Waals surface area (Å²) in [6, 6.07) is 4.29. The number of nitrogens with zero attached hydrogens (tertiary/aromatic N) is 1. The molecule has 0 atom stereocenters. The molecule has 0 aromatic carbocycles. The van der Waals surface area contributed by atoms with Crippen LogP contribution in [-0.2, 0) is 0 Å². The smallest absolute Gasteiger partial charge is 0.108 e. The van der Waals surface area contributed by atoms with E-state index in [1.807, 2.05) is 6.08 Å². The Morgan fingerprint density at radius 3 is 1.74 bits per heavy atom. The zero-order chi connectivity index (χ0) is 21.7. The Kier molecular flexibility index (Phi) is 10.2. The fourth-order valence-electron chi connectivity index (χ4n) is 5.10. The summed E-state index contributed by atoms with van der Waals surface area (Å²) in [5.74, 6) is 0. The molecule has 27 heavy (non-hydrogen) atoms. The standard InChI is InChI=1S/C22H49NSi4/c1-14-21(2)16-15-17-22(3)20-26(10,11)18-19-27(12,13)23(24(4,5)6)25(7,8)9/h14,17H,1-2,15-16,18-20H2,3-13H3/b22-17-. The van der Waals surface area contributed by atoms with Crippen LogP contribution in [0, 0.1) is 0 Å². The summed E-state index contributed by atoms with van der Waals surface area (Å²) >= 11 is 0. The monoisotopic (exact) mass is 439 g/mol. The number of hydrogen-bond donors (Lipinski definition) is 0. The first-order valence-corrected chi connectivity index (χ1v) is 24.1. The summed E-state index contributed by atoms with van der Waals surface area (Å²) in [6.07, 6.45) is 6.49. The highest BCUT2D eigenvalue weighted by molar-refractivity contribution is 7.04. The van der Waals surface area contributed by atoms with E-state index in [1.165, 1.54) is 18.1 Å². The van der Waals surface area contributed by atoms with Crippen molar-refractivity contribution in [2.75, 3.05) is 0 Å². The number of allylic oxidation sites excluding steroid dienone is 4. The SMILES string of the molecule is C=CC(=C)CC/C=C(/C)C[Si](C)(C)CC[Si](C)(C)N([Si](C)(C)C)[Si](C)(C)C. The van der Waals surface area contributed by atoms with Crippen LogP contribution < -0.4 is 0 Å². The Morgan fingerprint density at radius 1 is 0.852 bits per heavy atom. The lowest BCUT2D eigenvalue weighted by Gasteiger charge is -2.53. The normalized spacial score (nSPS) is 14.6. The molecule has 0 N–H and O–H groups in total. The Morgan fingerprint density at radius 2 is 1.33 bits per heavy atom. The molecular formula is C22H49NSi4. The van der Waals surface area contributed by atoms with Gasteiger partial charge in [0.25, 0.3) is 0 Å². The second-order valence-corrected chi connectivity index (χ2v) is 32.5. The van der Waals surface area contributed by atoms with Crippen molar-refractivity contribution in [2.24, 2.45) is 0 Å². The third-order valence-corrected chi connectivity index (χ3v) is 26.0. The summed E-state index contributed by atoms with van der Waals surface area (Å²) in [6.45, 7) is 36.0. The predicted molar refractivity (Wildman–Crippen MR) is 140 cm³/mol. The molecule has 0 rings (SSSR count). The maximum Gasteiger partial charge on any atom is 0.108 e. The molecular weight excluding hydrogens is 391 g/mol. The van der Waals surface area contributed by atoms with Gasteiger partial charge in [-0.05, 0) is 31.9 Å². The van der Waals surface area contributed by atoms with Crippen molar-refractivity contribution in [3.05, 3.63) is 36.5 Å². The fourth-order valence-corrected chi connectivity index (χ4v) is 35.6. The Hall–Kier alpha value is 0.0475. The number of rotatable bonds is 12. The summed E-state index contributed by atoms with van der Waals surface area (Å²) in [5, 5.41) is 0. The van der Waals surface area contributed by atoms with Gasteiger partial charge in [-0.1, -0.05) is 108 Å². The molecule has 0 amide bonds. The quantitative estimate of drug-likeness (QED) is 0.168. The molecule has 0 saturated carbocycles. The molecule has 0 saturated heterocycles. The lowest BCUT2D eigenvalue weighted by molar-refractivity contribution is 0.877. The van der Waals surface area contributed by atoms with E-state index in [4.69, 9.17) is 0 Å². The molecule has 0 fully saturated rings. The van der Waals surface area contributed by atoms with E-state index in [2.05, 4.69) is 95.5 Å². The molecule has 0 aromatic heterocycles. The maximum atomic E-state index is 4.02. The van der Waals surface area contributed by atoms with Crippen LogP contribution in [0.2, 0.25) is 83.6 Å².